The average molecular weight is 276 g/mol. The lowest BCUT2D eigenvalue weighted by atomic mass is 10.1. The van der Waals surface area contributed by atoms with Crippen molar-refractivity contribution in [1.29, 1.82) is 0 Å². The zero-order valence-electron chi connectivity index (χ0n) is 12.8. The highest BCUT2D eigenvalue weighted by Crippen LogP contribution is 2.39. The van der Waals surface area contributed by atoms with Gasteiger partial charge in [-0.05, 0) is 52.2 Å². The van der Waals surface area contributed by atoms with E-state index < -0.39 is 5.60 Å². The Morgan fingerprint density at radius 3 is 2.70 bits per heavy atom. The lowest BCUT2D eigenvalue weighted by molar-refractivity contribution is 0.0501. The van der Waals surface area contributed by atoms with Gasteiger partial charge in [-0.25, -0.2) is 4.79 Å². The van der Waals surface area contributed by atoms with Crippen LogP contribution >= 0.6 is 0 Å². The third-order valence-electron chi connectivity index (χ3n) is 3.24. The SMILES string of the molecule is CCC(NC(=O)OC(C)(C)C)c1cccc(C2CC2)n1. The van der Waals surface area contributed by atoms with Crippen LogP contribution in [-0.2, 0) is 4.74 Å². The van der Waals surface area contributed by atoms with Gasteiger partial charge < -0.3 is 10.1 Å². The zero-order valence-corrected chi connectivity index (χ0v) is 12.8. The van der Waals surface area contributed by atoms with E-state index in [1.165, 1.54) is 12.8 Å². The van der Waals surface area contributed by atoms with Gasteiger partial charge in [0.2, 0.25) is 0 Å². The highest BCUT2D eigenvalue weighted by atomic mass is 16.6. The number of nitrogens with zero attached hydrogens (tertiary/aromatic N) is 1. The maximum Gasteiger partial charge on any atom is 0.408 e. The van der Waals surface area contributed by atoms with E-state index in [1.807, 2.05) is 39.8 Å². The molecule has 4 nitrogen and oxygen atoms in total. The predicted octanol–water partition coefficient (Wildman–Crippen LogP) is 3.93. The minimum atomic E-state index is -0.480. The quantitative estimate of drug-likeness (QED) is 0.906. The summed E-state index contributed by atoms with van der Waals surface area (Å²) in [5.74, 6) is 0.619. The maximum atomic E-state index is 11.9. The number of hydrogen-bond acceptors (Lipinski definition) is 3. The first-order chi connectivity index (χ1) is 9.39. The van der Waals surface area contributed by atoms with Crippen molar-refractivity contribution in [2.75, 3.05) is 0 Å². The third-order valence-corrected chi connectivity index (χ3v) is 3.24. The molecule has 0 radical (unpaired) electrons. The first-order valence-corrected chi connectivity index (χ1v) is 7.35. The predicted molar refractivity (Wildman–Crippen MR) is 78.6 cm³/mol. The molecular weight excluding hydrogens is 252 g/mol. The Morgan fingerprint density at radius 1 is 1.45 bits per heavy atom. The fourth-order valence-corrected chi connectivity index (χ4v) is 2.10. The molecule has 1 saturated carbocycles. The van der Waals surface area contributed by atoms with Crippen LogP contribution in [0.3, 0.4) is 0 Å². The van der Waals surface area contributed by atoms with Gasteiger partial charge in [0, 0.05) is 11.6 Å². The number of carbonyl (C=O) groups is 1. The molecule has 1 aliphatic rings. The second-order valence-corrected chi connectivity index (χ2v) is 6.37. The van der Waals surface area contributed by atoms with Crippen molar-refractivity contribution in [1.82, 2.24) is 10.3 Å². The number of aromatic nitrogens is 1. The molecular formula is C16H24N2O2. The van der Waals surface area contributed by atoms with Crippen LogP contribution in [0.5, 0.6) is 0 Å². The maximum absolute atomic E-state index is 11.9. The van der Waals surface area contributed by atoms with Crippen molar-refractivity contribution >= 4 is 6.09 Å². The molecule has 20 heavy (non-hydrogen) atoms. The van der Waals surface area contributed by atoms with Gasteiger partial charge in [0.1, 0.15) is 5.60 Å². The molecule has 1 aromatic rings. The van der Waals surface area contributed by atoms with Gasteiger partial charge in [-0.2, -0.15) is 0 Å². The van der Waals surface area contributed by atoms with E-state index in [9.17, 15) is 4.79 Å². The van der Waals surface area contributed by atoms with Crippen LogP contribution in [0.15, 0.2) is 18.2 Å². The molecule has 1 atom stereocenters. The van der Waals surface area contributed by atoms with Crippen molar-refractivity contribution in [3.63, 3.8) is 0 Å². The van der Waals surface area contributed by atoms with Crippen LogP contribution in [0.4, 0.5) is 4.79 Å². The molecule has 1 amide bonds. The van der Waals surface area contributed by atoms with E-state index >= 15 is 0 Å². The summed E-state index contributed by atoms with van der Waals surface area (Å²) in [5, 5.41) is 2.90. The number of amides is 1. The van der Waals surface area contributed by atoms with Crippen molar-refractivity contribution in [2.24, 2.45) is 0 Å². The van der Waals surface area contributed by atoms with Gasteiger partial charge in [0.15, 0.2) is 0 Å². The molecule has 2 rings (SSSR count). The summed E-state index contributed by atoms with van der Waals surface area (Å²) in [6.07, 6.45) is 2.86. The van der Waals surface area contributed by atoms with Crippen molar-refractivity contribution in [3.8, 4) is 0 Å². The van der Waals surface area contributed by atoms with Crippen LogP contribution in [0.1, 0.15) is 70.3 Å². The summed E-state index contributed by atoms with van der Waals surface area (Å²) >= 11 is 0. The van der Waals surface area contributed by atoms with Gasteiger partial charge >= 0.3 is 6.09 Å². The lowest BCUT2D eigenvalue weighted by Gasteiger charge is -2.23. The van der Waals surface area contributed by atoms with Crippen LogP contribution in [0, 0.1) is 0 Å². The first-order valence-electron chi connectivity index (χ1n) is 7.35. The van der Waals surface area contributed by atoms with Gasteiger partial charge in [-0.1, -0.05) is 13.0 Å². The topological polar surface area (TPSA) is 51.2 Å². The lowest BCUT2D eigenvalue weighted by Crippen LogP contribution is -2.35. The van der Waals surface area contributed by atoms with Crippen molar-refractivity contribution < 1.29 is 9.53 Å². The number of alkyl carbamates (subject to hydrolysis) is 1. The summed E-state index contributed by atoms with van der Waals surface area (Å²) in [6.45, 7) is 7.62. The normalized spacial score (nSPS) is 16.6. The number of rotatable bonds is 4. The van der Waals surface area contributed by atoms with E-state index in [0.717, 1.165) is 17.8 Å². The Labute approximate surface area is 120 Å². The Bertz CT molecular complexity index is 476. The molecule has 0 spiro atoms. The van der Waals surface area contributed by atoms with E-state index in [2.05, 4.69) is 16.4 Å². The second kappa shape index (κ2) is 5.81. The highest BCUT2D eigenvalue weighted by Gasteiger charge is 2.26. The smallest absolute Gasteiger partial charge is 0.408 e. The van der Waals surface area contributed by atoms with E-state index in [1.54, 1.807) is 0 Å². The minimum absolute atomic E-state index is 0.0939. The second-order valence-electron chi connectivity index (χ2n) is 6.37. The van der Waals surface area contributed by atoms with Gasteiger partial charge in [-0.15, -0.1) is 0 Å². The van der Waals surface area contributed by atoms with Crippen LogP contribution in [0.2, 0.25) is 0 Å². The van der Waals surface area contributed by atoms with Crippen molar-refractivity contribution in [3.05, 3.63) is 29.6 Å². The molecule has 1 N–H and O–H groups in total. The number of ether oxygens (including phenoxy) is 1. The molecule has 0 bridgehead atoms. The van der Waals surface area contributed by atoms with E-state index in [0.29, 0.717) is 5.92 Å². The molecule has 1 unspecified atom stereocenters. The summed E-state index contributed by atoms with van der Waals surface area (Å²) in [6, 6.07) is 5.97. The van der Waals surface area contributed by atoms with Gasteiger partial charge in [0.05, 0.1) is 11.7 Å². The molecule has 110 valence electrons. The van der Waals surface area contributed by atoms with Crippen molar-refractivity contribution in [2.45, 2.75) is 64.5 Å². The summed E-state index contributed by atoms with van der Waals surface area (Å²) in [4.78, 5) is 16.6. The zero-order chi connectivity index (χ0) is 14.8. The monoisotopic (exact) mass is 276 g/mol. The molecule has 1 fully saturated rings. The first kappa shape index (κ1) is 14.8. The number of pyridine rings is 1. The van der Waals surface area contributed by atoms with E-state index in [-0.39, 0.29) is 12.1 Å². The third kappa shape index (κ3) is 4.22. The Hall–Kier alpha value is -1.58. The Balaban J connectivity index is 2.04. The summed E-state index contributed by atoms with van der Waals surface area (Å²) in [7, 11) is 0. The summed E-state index contributed by atoms with van der Waals surface area (Å²) in [5.41, 5.74) is 1.58. The average Bonchev–Trinajstić information content (AvgIpc) is 3.18. The number of nitrogens with one attached hydrogen (secondary N) is 1. The van der Waals surface area contributed by atoms with Gasteiger partial charge in [0.25, 0.3) is 0 Å². The molecule has 1 aromatic heterocycles. The molecule has 0 aliphatic heterocycles. The number of hydrogen-bond donors (Lipinski definition) is 1. The highest BCUT2D eigenvalue weighted by molar-refractivity contribution is 5.68. The van der Waals surface area contributed by atoms with E-state index in [4.69, 9.17) is 4.74 Å². The van der Waals surface area contributed by atoms with Crippen LogP contribution in [0.25, 0.3) is 0 Å². The standard InChI is InChI=1S/C16H24N2O2/c1-5-12(18-15(19)20-16(2,3)4)14-8-6-7-13(17-14)11-9-10-11/h6-8,11-12H,5,9-10H2,1-4H3,(H,18,19). The molecule has 4 heteroatoms. The van der Waals surface area contributed by atoms with Crippen LogP contribution in [-0.4, -0.2) is 16.7 Å². The number of carbonyl (C=O) groups excluding carboxylic acids is 1. The fraction of sp³-hybridized carbons (Fsp3) is 0.625. The molecule has 0 saturated heterocycles. The van der Waals surface area contributed by atoms with Gasteiger partial charge in [-0.3, -0.25) is 4.98 Å². The van der Waals surface area contributed by atoms with Crippen LogP contribution < -0.4 is 5.32 Å². The Kier molecular flexibility index (Phi) is 4.31. The fourth-order valence-electron chi connectivity index (χ4n) is 2.10. The molecule has 1 heterocycles. The molecule has 1 aliphatic carbocycles. The largest absolute Gasteiger partial charge is 0.444 e. The summed E-state index contributed by atoms with van der Waals surface area (Å²) < 4.78 is 5.30. The Morgan fingerprint density at radius 2 is 2.15 bits per heavy atom. The molecule has 0 aromatic carbocycles. The minimum Gasteiger partial charge on any atom is -0.444 e.